The summed E-state index contributed by atoms with van der Waals surface area (Å²) in [6.45, 7) is 1.46. The number of ether oxygens (including phenoxy) is 1. The molecule has 3 N–H and O–H groups in total. The van der Waals surface area contributed by atoms with Crippen LogP contribution < -0.4 is 15.4 Å². The zero-order valence-corrected chi connectivity index (χ0v) is 14.5. The normalized spacial score (nSPS) is 10.8. The van der Waals surface area contributed by atoms with Gasteiger partial charge in [-0.15, -0.1) is 0 Å². The molecule has 1 amide bonds. The monoisotopic (exact) mass is 346 g/mol. The minimum absolute atomic E-state index is 0.156. The van der Waals surface area contributed by atoms with Gasteiger partial charge in [0.25, 0.3) is 0 Å². The Morgan fingerprint density at radius 2 is 2.00 bits per heavy atom. The van der Waals surface area contributed by atoms with Gasteiger partial charge in [-0.1, -0.05) is 0 Å². The van der Waals surface area contributed by atoms with Crippen molar-refractivity contribution < 1.29 is 9.53 Å². The van der Waals surface area contributed by atoms with Crippen molar-refractivity contribution in [2.24, 2.45) is 0 Å². The second-order valence-electron chi connectivity index (χ2n) is 5.99. The number of amides is 1. The van der Waals surface area contributed by atoms with Crippen LogP contribution in [0.1, 0.15) is 6.92 Å². The van der Waals surface area contributed by atoms with E-state index in [2.05, 4.69) is 26.7 Å². The minimum atomic E-state index is -0.156. The highest BCUT2D eigenvalue weighted by molar-refractivity contribution is 6.02. The lowest BCUT2D eigenvalue weighted by Crippen LogP contribution is -2.07. The fraction of sp³-hybridized carbons (Fsp3) is 0.100. The summed E-state index contributed by atoms with van der Waals surface area (Å²) < 4.78 is 5.50. The first kappa shape index (κ1) is 16.0. The molecule has 6 nitrogen and oxygen atoms in total. The molecule has 2 aromatic heterocycles. The highest BCUT2D eigenvalue weighted by Crippen LogP contribution is 2.36. The van der Waals surface area contributed by atoms with E-state index in [1.54, 1.807) is 13.3 Å². The standard InChI is InChI=1S/C20H18N4O2/c1-12(25)23-18-6-4-15-17(8-10-22-19(15)20(18)26-2)24-14-3-5-16-13(11-14)7-9-21-16/h3-11,21H,1-2H3,(H,22,24)(H,23,25). The van der Waals surface area contributed by atoms with E-state index in [1.807, 2.05) is 42.6 Å². The number of rotatable bonds is 4. The van der Waals surface area contributed by atoms with Crippen LogP contribution in [0.25, 0.3) is 21.8 Å². The summed E-state index contributed by atoms with van der Waals surface area (Å²) in [6, 6.07) is 13.8. The third-order valence-electron chi connectivity index (χ3n) is 4.21. The van der Waals surface area contributed by atoms with Gasteiger partial charge >= 0.3 is 0 Å². The molecule has 130 valence electrons. The van der Waals surface area contributed by atoms with Crippen molar-refractivity contribution in [3.8, 4) is 5.75 Å². The number of H-pyrrole nitrogens is 1. The summed E-state index contributed by atoms with van der Waals surface area (Å²) in [7, 11) is 1.57. The average Bonchev–Trinajstić information content (AvgIpc) is 3.09. The summed E-state index contributed by atoms with van der Waals surface area (Å²) in [6.07, 6.45) is 3.64. The number of nitrogens with one attached hydrogen (secondary N) is 3. The van der Waals surface area contributed by atoms with Gasteiger partial charge in [-0.2, -0.15) is 0 Å². The fourth-order valence-electron chi connectivity index (χ4n) is 3.08. The molecule has 2 aromatic carbocycles. The Balaban J connectivity index is 1.78. The molecule has 0 unspecified atom stereocenters. The van der Waals surface area contributed by atoms with E-state index in [-0.39, 0.29) is 5.91 Å². The van der Waals surface area contributed by atoms with Crippen LogP contribution in [0.2, 0.25) is 0 Å². The Hall–Kier alpha value is -3.54. The fourth-order valence-corrected chi connectivity index (χ4v) is 3.08. The molecule has 4 rings (SSSR count). The quantitative estimate of drug-likeness (QED) is 0.511. The number of carbonyl (C=O) groups excluding carboxylic acids is 1. The molecule has 26 heavy (non-hydrogen) atoms. The lowest BCUT2D eigenvalue weighted by molar-refractivity contribution is -0.114. The molecule has 2 heterocycles. The Kier molecular flexibility index (Phi) is 3.93. The molecule has 0 bridgehead atoms. The topological polar surface area (TPSA) is 79.0 Å². The average molecular weight is 346 g/mol. The number of hydrogen-bond acceptors (Lipinski definition) is 4. The summed E-state index contributed by atoms with van der Waals surface area (Å²) >= 11 is 0. The van der Waals surface area contributed by atoms with Gasteiger partial charge in [-0.3, -0.25) is 9.78 Å². The Morgan fingerprint density at radius 3 is 2.81 bits per heavy atom. The minimum Gasteiger partial charge on any atom is -0.492 e. The number of aromatic nitrogens is 2. The summed E-state index contributed by atoms with van der Waals surface area (Å²) in [5.41, 5.74) is 4.28. The molecule has 0 aliphatic heterocycles. The molecule has 0 atom stereocenters. The van der Waals surface area contributed by atoms with E-state index in [9.17, 15) is 4.79 Å². The van der Waals surface area contributed by atoms with Crippen molar-refractivity contribution in [3.05, 3.63) is 54.9 Å². The second kappa shape index (κ2) is 6.40. The smallest absolute Gasteiger partial charge is 0.221 e. The maximum Gasteiger partial charge on any atom is 0.221 e. The van der Waals surface area contributed by atoms with Crippen molar-refractivity contribution in [3.63, 3.8) is 0 Å². The van der Waals surface area contributed by atoms with Gasteiger partial charge in [0.05, 0.1) is 12.8 Å². The molecule has 0 fully saturated rings. The van der Waals surface area contributed by atoms with E-state index in [1.165, 1.54) is 6.92 Å². The van der Waals surface area contributed by atoms with E-state index in [4.69, 9.17) is 4.74 Å². The van der Waals surface area contributed by atoms with E-state index >= 15 is 0 Å². The van der Waals surface area contributed by atoms with Crippen LogP contribution in [-0.4, -0.2) is 23.0 Å². The summed E-state index contributed by atoms with van der Waals surface area (Å²) in [5, 5.41) is 8.27. The van der Waals surface area contributed by atoms with Gasteiger partial charge < -0.3 is 20.4 Å². The van der Waals surface area contributed by atoms with E-state index in [0.717, 1.165) is 27.7 Å². The molecule has 4 aromatic rings. The van der Waals surface area contributed by atoms with Gasteiger partial charge in [0.15, 0.2) is 5.75 Å². The van der Waals surface area contributed by atoms with Crippen molar-refractivity contribution in [1.82, 2.24) is 9.97 Å². The first-order valence-corrected chi connectivity index (χ1v) is 8.23. The van der Waals surface area contributed by atoms with Crippen LogP contribution in [0.15, 0.2) is 54.9 Å². The van der Waals surface area contributed by atoms with Gasteiger partial charge in [0, 0.05) is 47.0 Å². The zero-order chi connectivity index (χ0) is 18.1. The molecular formula is C20H18N4O2. The highest BCUT2D eigenvalue weighted by Gasteiger charge is 2.13. The van der Waals surface area contributed by atoms with Gasteiger partial charge in [0.2, 0.25) is 5.91 Å². The van der Waals surface area contributed by atoms with Gasteiger partial charge in [0.1, 0.15) is 5.52 Å². The molecule has 0 aliphatic carbocycles. The maximum absolute atomic E-state index is 11.4. The number of aromatic amines is 1. The number of carbonyl (C=O) groups is 1. The van der Waals surface area contributed by atoms with E-state index in [0.29, 0.717) is 17.0 Å². The Bertz CT molecular complexity index is 1120. The second-order valence-corrected chi connectivity index (χ2v) is 5.99. The lowest BCUT2D eigenvalue weighted by Gasteiger charge is -2.14. The number of anilines is 3. The number of hydrogen-bond donors (Lipinski definition) is 3. The van der Waals surface area contributed by atoms with Crippen LogP contribution in [-0.2, 0) is 4.79 Å². The van der Waals surface area contributed by atoms with Gasteiger partial charge in [-0.05, 0) is 42.5 Å². The van der Waals surface area contributed by atoms with Crippen LogP contribution in [0.5, 0.6) is 5.75 Å². The van der Waals surface area contributed by atoms with Crippen molar-refractivity contribution >= 4 is 44.8 Å². The van der Waals surface area contributed by atoms with Crippen molar-refractivity contribution in [2.75, 3.05) is 17.7 Å². The first-order valence-electron chi connectivity index (χ1n) is 8.23. The summed E-state index contributed by atoms with van der Waals surface area (Å²) in [5.74, 6) is 0.388. The largest absolute Gasteiger partial charge is 0.492 e. The third-order valence-corrected chi connectivity index (χ3v) is 4.21. The molecular weight excluding hydrogens is 328 g/mol. The van der Waals surface area contributed by atoms with Crippen LogP contribution in [0.3, 0.4) is 0 Å². The number of nitrogens with zero attached hydrogens (tertiary/aromatic N) is 1. The molecule has 6 heteroatoms. The first-order chi connectivity index (χ1) is 12.7. The molecule has 0 spiro atoms. The van der Waals surface area contributed by atoms with Crippen LogP contribution in [0, 0.1) is 0 Å². The highest BCUT2D eigenvalue weighted by atomic mass is 16.5. The van der Waals surface area contributed by atoms with Crippen LogP contribution >= 0.6 is 0 Å². The predicted octanol–water partition coefficient (Wildman–Crippen LogP) is 4.43. The van der Waals surface area contributed by atoms with Gasteiger partial charge in [-0.25, -0.2) is 0 Å². The molecule has 0 radical (unpaired) electrons. The molecule has 0 aliphatic rings. The Morgan fingerprint density at radius 1 is 1.12 bits per heavy atom. The number of methoxy groups -OCH3 is 1. The van der Waals surface area contributed by atoms with Crippen molar-refractivity contribution in [1.29, 1.82) is 0 Å². The zero-order valence-electron chi connectivity index (χ0n) is 14.5. The number of pyridine rings is 1. The van der Waals surface area contributed by atoms with E-state index < -0.39 is 0 Å². The predicted molar refractivity (Wildman–Crippen MR) is 104 cm³/mol. The number of benzene rings is 2. The van der Waals surface area contributed by atoms with Crippen LogP contribution in [0.4, 0.5) is 17.1 Å². The SMILES string of the molecule is COc1c(NC(C)=O)ccc2c(Nc3ccc4[nH]ccc4c3)ccnc12. The summed E-state index contributed by atoms with van der Waals surface area (Å²) in [4.78, 5) is 19.0. The van der Waals surface area contributed by atoms with Crippen molar-refractivity contribution in [2.45, 2.75) is 6.92 Å². The molecule has 0 saturated heterocycles. The molecule has 0 saturated carbocycles. The Labute approximate surface area is 150 Å². The number of fused-ring (bicyclic) bond motifs is 2. The third kappa shape index (κ3) is 2.82. The maximum atomic E-state index is 11.4. The lowest BCUT2D eigenvalue weighted by atomic mass is 10.1.